The third kappa shape index (κ3) is 8.30. The standard InChI is InChI=1S/C18H20FNO.C2HF3O2/c19-13-7-8-14-20-17(15-9-3-1-4-10-15)18(21)16-11-5-2-6-12-16;3-2(4,5)1(6)7/h1-6,9-12,17,20H,7-8,13-14H2;(H,6,7). The first kappa shape index (κ1) is 23.3. The first-order valence-corrected chi connectivity index (χ1v) is 8.51. The normalized spacial score (nSPS) is 11.9. The molecule has 0 heterocycles. The van der Waals surface area contributed by atoms with Crippen molar-refractivity contribution in [3.05, 3.63) is 71.8 Å². The minimum Gasteiger partial charge on any atom is -0.475 e. The second kappa shape index (κ2) is 11.9. The fraction of sp³-hybridized carbons (Fsp3) is 0.300. The molecule has 0 spiro atoms. The summed E-state index contributed by atoms with van der Waals surface area (Å²) in [5.41, 5.74) is 1.62. The highest BCUT2D eigenvalue weighted by molar-refractivity contribution is 6.00. The molecule has 2 aromatic rings. The topological polar surface area (TPSA) is 66.4 Å². The summed E-state index contributed by atoms with van der Waals surface area (Å²) in [5.74, 6) is -2.71. The molecule has 152 valence electrons. The van der Waals surface area contributed by atoms with Crippen LogP contribution >= 0.6 is 0 Å². The molecule has 2 N–H and O–H groups in total. The second-order valence-electron chi connectivity index (χ2n) is 5.73. The van der Waals surface area contributed by atoms with Crippen molar-refractivity contribution in [1.82, 2.24) is 5.32 Å². The van der Waals surface area contributed by atoms with E-state index in [0.717, 1.165) is 12.0 Å². The maximum absolute atomic E-state index is 12.7. The number of aliphatic carboxylic acids is 1. The third-order valence-corrected chi connectivity index (χ3v) is 3.60. The summed E-state index contributed by atoms with van der Waals surface area (Å²) in [5, 5.41) is 10.4. The van der Waals surface area contributed by atoms with Crippen LogP contribution in [0, 0.1) is 0 Å². The number of Topliss-reactive ketones (excluding diaryl/α,β-unsaturated/α-hetero) is 1. The van der Waals surface area contributed by atoms with Gasteiger partial charge in [-0.05, 0) is 24.9 Å². The van der Waals surface area contributed by atoms with Crippen LogP contribution in [0.4, 0.5) is 17.6 Å². The molecule has 2 rings (SSSR count). The zero-order valence-corrected chi connectivity index (χ0v) is 15.0. The van der Waals surface area contributed by atoms with E-state index in [1.165, 1.54) is 0 Å². The molecule has 8 heteroatoms. The number of halogens is 4. The molecule has 1 atom stereocenters. The number of rotatable bonds is 8. The molecule has 0 aromatic heterocycles. The number of carboxylic acids is 1. The van der Waals surface area contributed by atoms with E-state index in [-0.39, 0.29) is 18.5 Å². The second-order valence-corrected chi connectivity index (χ2v) is 5.73. The summed E-state index contributed by atoms with van der Waals surface area (Å²) in [6.45, 7) is 0.312. The molecule has 0 aliphatic carbocycles. The average molecular weight is 399 g/mol. The lowest BCUT2D eigenvalue weighted by Crippen LogP contribution is -2.29. The Morgan fingerprint density at radius 1 is 0.929 bits per heavy atom. The molecule has 0 bridgehead atoms. The molecule has 0 saturated carbocycles. The van der Waals surface area contributed by atoms with Crippen LogP contribution in [-0.2, 0) is 4.79 Å². The molecule has 4 nitrogen and oxygen atoms in total. The van der Waals surface area contributed by atoms with Crippen LogP contribution in [0.25, 0.3) is 0 Å². The van der Waals surface area contributed by atoms with Crippen molar-refractivity contribution < 1.29 is 32.3 Å². The highest BCUT2D eigenvalue weighted by Crippen LogP contribution is 2.18. The Bertz CT molecular complexity index is 721. The Morgan fingerprint density at radius 3 is 1.89 bits per heavy atom. The molecule has 28 heavy (non-hydrogen) atoms. The van der Waals surface area contributed by atoms with Crippen LogP contribution in [0.1, 0.15) is 34.8 Å². The van der Waals surface area contributed by atoms with Crippen molar-refractivity contribution in [2.45, 2.75) is 25.1 Å². The van der Waals surface area contributed by atoms with Gasteiger partial charge in [0.25, 0.3) is 0 Å². The van der Waals surface area contributed by atoms with Crippen molar-refractivity contribution in [3.63, 3.8) is 0 Å². The van der Waals surface area contributed by atoms with Gasteiger partial charge in [0.1, 0.15) is 0 Å². The number of nitrogens with one attached hydrogen (secondary N) is 1. The van der Waals surface area contributed by atoms with E-state index >= 15 is 0 Å². The molecule has 0 aliphatic heterocycles. The smallest absolute Gasteiger partial charge is 0.475 e. The van der Waals surface area contributed by atoms with Crippen molar-refractivity contribution in [3.8, 4) is 0 Å². The molecule has 0 radical (unpaired) electrons. The fourth-order valence-corrected chi connectivity index (χ4v) is 2.24. The number of alkyl halides is 4. The van der Waals surface area contributed by atoms with Gasteiger partial charge in [-0.1, -0.05) is 60.7 Å². The van der Waals surface area contributed by atoms with Gasteiger partial charge in [-0.15, -0.1) is 0 Å². The first-order chi connectivity index (χ1) is 13.3. The van der Waals surface area contributed by atoms with Gasteiger partial charge in [0.15, 0.2) is 5.78 Å². The van der Waals surface area contributed by atoms with Crippen molar-refractivity contribution in [1.29, 1.82) is 0 Å². The van der Waals surface area contributed by atoms with Crippen LogP contribution < -0.4 is 5.32 Å². The Labute approximate surface area is 160 Å². The number of hydrogen-bond acceptors (Lipinski definition) is 3. The molecular formula is C20H21F4NO3. The Kier molecular flexibility index (Phi) is 9.87. The largest absolute Gasteiger partial charge is 0.490 e. The van der Waals surface area contributed by atoms with Crippen LogP contribution in [0.3, 0.4) is 0 Å². The third-order valence-electron chi connectivity index (χ3n) is 3.60. The number of benzene rings is 2. The predicted molar refractivity (Wildman–Crippen MR) is 96.9 cm³/mol. The lowest BCUT2D eigenvalue weighted by atomic mass is 9.97. The minimum absolute atomic E-state index is 0.0436. The zero-order chi connectivity index (χ0) is 21.0. The average Bonchev–Trinajstić information content (AvgIpc) is 2.69. The first-order valence-electron chi connectivity index (χ1n) is 8.51. The van der Waals surface area contributed by atoms with Gasteiger partial charge >= 0.3 is 12.1 Å². The van der Waals surface area contributed by atoms with Crippen molar-refractivity contribution in [2.24, 2.45) is 0 Å². The van der Waals surface area contributed by atoms with Gasteiger partial charge in [-0.25, -0.2) is 4.79 Å². The highest BCUT2D eigenvalue weighted by Gasteiger charge is 2.38. The maximum atomic E-state index is 12.7. The van der Waals surface area contributed by atoms with Crippen LogP contribution in [-0.4, -0.2) is 36.3 Å². The van der Waals surface area contributed by atoms with Gasteiger partial charge in [0, 0.05) is 5.56 Å². The summed E-state index contributed by atoms with van der Waals surface area (Å²) in [6, 6.07) is 18.5. The van der Waals surface area contributed by atoms with Crippen LogP contribution in [0.5, 0.6) is 0 Å². The van der Waals surface area contributed by atoms with E-state index in [9.17, 15) is 22.4 Å². The Balaban J connectivity index is 0.000000480. The molecular weight excluding hydrogens is 378 g/mol. The zero-order valence-electron chi connectivity index (χ0n) is 15.0. The van der Waals surface area contributed by atoms with E-state index < -0.39 is 12.1 Å². The number of unbranched alkanes of at least 4 members (excludes halogenated alkanes) is 1. The van der Waals surface area contributed by atoms with Gasteiger partial charge in [-0.3, -0.25) is 9.18 Å². The number of hydrogen-bond donors (Lipinski definition) is 2. The summed E-state index contributed by atoms with van der Waals surface area (Å²) in [6.07, 6.45) is -3.84. The lowest BCUT2D eigenvalue weighted by Gasteiger charge is -2.18. The number of ketones is 1. The summed E-state index contributed by atoms with van der Waals surface area (Å²) in [7, 11) is 0. The minimum atomic E-state index is -5.08. The van der Waals surface area contributed by atoms with Crippen LogP contribution in [0.15, 0.2) is 60.7 Å². The van der Waals surface area contributed by atoms with Crippen LogP contribution in [0.2, 0.25) is 0 Å². The molecule has 1 unspecified atom stereocenters. The summed E-state index contributed by atoms with van der Waals surface area (Å²) in [4.78, 5) is 21.6. The monoisotopic (exact) mass is 399 g/mol. The van der Waals surface area contributed by atoms with Crippen molar-refractivity contribution >= 4 is 11.8 Å². The number of carbonyl (C=O) groups is 2. The fourth-order valence-electron chi connectivity index (χ4n) is 2.24. The maximum Gasteiger partial charge on any atom is 0.490 e. The van der Waals surface area contributed by atoms with Gasteiger partial charge in [0.05, 0.1) is 12.7 Å². The molecule has 0 amide bonds. The molecule has 0 saturated heterocycles. The quantitative estimate of drug-likeness (QED) is 0.387. The highest BCUT2D eigenvalue weighted by atomic mass is 19.4. The molecule has 0 aliphatic rings. The van der Waals surface area contributed by atoms with Crippen molar-refractivity contribution in [2.75, 3.05) is 13.2 Å². The number of carboxylic acid groups (broad SMARTS) is 1. The molecule has 2 aromatic carbocycles. The lowest BCUT2D eigenvalue weighted by molar-refractivity contribution is -0.192. The van der Waals surface area contributed by atoms with Gasteiger partial charge in [-0.2, -0.15) is 13.2 Å². The summed E-state index contributed by atoms with van der Waals surface area (Å²) >= 11 is 0. The Morgan fingerprint density at radius 2 is 1.43 bits per heavy atom. The van der Waals surface area contributed by atoms with Gasteiger partial charge in [0.2, 0.25) is 0 Å². The SMILES string of the molecule is O=C(O)C(F)(F)F.O=C(c1ccccc1)C(NCCCCF)c1ccccc1. The van der Waals surface area contributed by atoms with E-state index in [2.05, 4.69) is 5.32 Å². The van der Waals surface area contributed by atoms with E-state index in [1.54, 1.807) is 0 Å². The van der Waals surface area contributed by atoms with E-state index in [1.807, 2.05) is 60.7 Å². The number of carbonyl (C=O) groups excluding carboxylic acids is 1. The van der Waals surface area contributed by atoms with Gasteiger partial charge < -0.3 is 10.4 Å². The molecule has 0 fully saturated rings. The Hall–Kier alpha value is -2.74. The summed E-state index contributed by atoms with van der Waals surface area (Å²) < 4.78 is 43.9. The predicted octanol–water partition coefficient (Wildman–Crippen LogP) is 4.58. The van der Waals surface area contributed by atoms with E-state index in [4.69, 9.17) is 9.90 Å². The van der Waals surface area contributed by atoms with E-state index in [0.29, 0.717) is 18.5 Å².